The minimum absolute atomic E-state index is 0.0969. The summed E-state index contributed by atoms with van der Waals surface area (Å²) >= 11 is 3.43. The van der Waals surface area contributed by atoms with Crippen LogP contribution < -0.4 is 14.8 Å². The monoisotopic (exact) mass is 357 g/mol. The van der Waals surface area contributed by atoms with Crippen LogP contribution in [0.1, 0.15) is 38.1 Å². The molecular formula is C16H24BrNO3. The topological polar surface area (TPSA) is 47.6 Å². The first-order chi connectivity index (χ1) is 10.0. The SMILES string of the molecule is CCOc1ccc(C(=O)NC(CBr)C(C)C)cc1OCC. The number of carbonyl (C=O) groups is 1. The van der Waals surface area contributed by atoms with Gasteiger partial charge in [-0.15, -0.1) is 0 Å². The Kier molecular flexibility index (Phi) is 7.57. The molecule has 21 heavy (non-hydrogen) atoms. The largest absolute Gasteiger partial charge is 0.490 e. The Morgan fingerprint density at radius 2 is 1.81 bits per heavy atom. The highest BCUT2D eigenvalue weighted by Crippen LogP contribution is 2.28. The summed E-state index contributed by atoms with van der Waals surface area (Å²) in [5.74, 6) is 1.53. The maximum Gasteiger partial charge on any atom is 0.251 e. The van der Waals surface area contributed by atoms with Crippen LogP contribution in [-0.2, 0) is 0 Å². The number of halogens is 1. The van der Waals surface area contributed by atoms with Gasteiger partial charge in [0.1, 0.15) is 0 Å². The molecule has 1 atom stereocenters. The molecule has 0 aliphatic heterocycles. The van der Waals surface area contributed by atoms with Gasteiger partial charge in [-0.1, -0.05) is 29.8 Å². The second-order valence-corrected chi connectivity index (χ2v) is 5.65. The minimum atomic E-state index is -0.0999. The van der Waals surface area contributed by atoms with Crippen LogP contribution >= 0.6 is 15.9 Å². The van der Waals surface area contributed by atoms with Gasteiger partial charge in [0.05, 0.1) is 13.2 Å². The van der Waals surface area contributed by atoms with Gasteiger partial charge < -0.3 is 14.8 Å². The number of hydrogen-bond donors (Lipinski definition) is 1. The van der Waals surface area contributed by atoms with Gasteiger partial charge in [0, 0.05) is 16.9 Å². The Morgan fingerprint density at radius 3 is 2.33 bits per heavy atom. The van der Waals surface area contributed by atoms with Gasteiger partial charge in [0.25, 0.3) is 5.91 Å². The molecule has 1 aromatic carbocycles. The molecule has 0 saturated carbocycles. The quantitative estimate of drug-likeness (QED) is 0.722. The minimum Gasteiger partial charge on any atom is -0.490 e. The molecule has 0 bridgehead atoms. The Bertz CT molecular complexity index is 463. The van der Waals surface area contributed by atoms with E-state index in [0.717, 1.165) is 5.33 Å². The van der Waals surface area contributed by atoms with Crippen LogP contribution in [0.3, 0.4) is 0 Å². The van der Waals surface area contributed by atoms with Crippen molar-refractivity contribution in [2.24, 2.45) is 5.92 Å². The van der Waals surface area contributed by atoms with E-state index >= 15 is 0 Å². The third-order valence-corrected chi connectivity index (χ3v) is 3.79. The molecule has 1 amide bonds. The summed E-state index contributed by atoms with van der Waals surface area (Å²) in [6.45, 7) is 9.07. The predicted molar refractivity (Wildman–Crippen MR) is 88.7 cm³/mol. The zero-order valence-corrected chi connectivity index (χ0v) is 14.7. The first kappa shape index (κ1) is 17.8. The van der Waals surface area contributed by atoms with Crippen LogP contribution in [0.15, 0.2) is 18.2 Å². The van der Waals surface area contributed by atoms with Crippen molar-refractivity contribution in [1.29, 1.82) is 0 Å². The van der Waals surface area contributed by atoms with E-state index in [2.05, 4.69) is 35.1 Å². The fraction of sp³-hybridized carbons (Fsp3) is 0.562. The number of hydrogen-bond acceptors (Lipinski definition) is 3. The maximum absolute atomic E-state index is 12.3. The first-order valence-corrected chi connectivity index (χ1v) is 8.42. The third-order valence-electron chi connectivity index (χ3n) is 3.09. The molecule has 1 unspecified atom stereocenters. The van der Waals surface area contributed by atoms with E-state index in [9.17, 15) is 4.79 Å². The number of nitrogens with one attached hydrogen (secondary N) is 1. The lowest BCUT2D eigenvalue weighted by Crippen LogP contribution is -2.39. The highest BCUT2D eigenvalue weighted by atomic mass is 79.9. The van der Waals surface area contributed by atoms with Gasteiger partial charge in [0.2, 0.25) is 0 Å². The summed E-state index contributed by atoms with van der Waals surface area (Å²) in [7, 11) is 0. The van der Waals surface area contributed by atoms with Crippen molar-refractivity contribution < 1.29 is 14.3 Å². The van der Waals surface area contributed by atoms with Gasteiger partial charge in [0.15, 0.2) is 11.5 Å². The van der Waals surface area contributed by atoms with Crippen molar-refractivity contribution in [3.63, 3.8) is 0 Å². The molecule has 0 heterocycles. The van der Waals surface area contributed by atoms with Crippen LogP contribution in [0.2, 0.25) is 0 Å². The van der Waals surface area contributed by atoms with Crippen molar-refractivity contribution in [3.05, 3.63) is 23.8 Å². The van der Waals surface area contributed by atoms with Gasteiger partial charge in [-0.2, -0.15) is 0 Å². The summed E-state index contributed by atoms with van der Waals surface area (Å²) < 4.78 is 11.0. The van der Waals surface area contributed by atoms with Crippen molar-refractivity contribution in [2.75, 3.05) is 18.5 Å². The van der Waals surface area contributed by atoms with Gasteiger partial charge in [-0.05, 0) is 38.0 Å². The zero-order valence-electron chi connectivity index (χ0n) is 13.1. The Balaban J connectivity index is 2.91. The zero-order chi connectivity index (χ0) is 15.8. The van der Waals surface area contributed by atoms with Crippen LogP contribution in [0.4, 0.5) is 0 Å². The normalized spacial score (nSPS) is 12.1. The van der Waals surface area contributed by atoms with Crippen LogP contribution in [0.5, 0.6) is 11.5 Å². The van der Waals surface area contributed by atoms with Gasteiger partial charge in [-0.25, -0.2) is 0 Å². The lowest BCUT2D eigenvalue weighted by Gasteiger charge is -2.20. The maximum atomic E-state index is 12.3. The molecule has 4 nitrogen and oxygen atoms in total. The van der Waals surface area contributed by atoms with E-state index in [0.29, 0.717) is 36.2 Å². The molecule has 0 aliphatic carbocycles. The smallest absolute Gasteiger partial charge is 0.251 e. The van der Waals surface area contributed by atoms with Crippen molar-refractivity contribution >= 4 is 21.8 Å². The number of alkyl halides is 1. The number of carbonyl (C=O) groups excluding carboxylic acids is 1. The lowest BCUT2D eigenvalue weighted by molar-refractivity contribution is 0.0931. The van der Waals surface area contributed by atoms with E-state index in [1.807, 2.05) is 13.8 Å². The molecule has 118 valence electrons. The van der Waals surface area contributed by atoms with E-state index in [1.165, 1.54) is 0 Å². The molecule has 1 rings (SSSR count). The predicted octanol–water partition coefficient (Wildman–Crippen LogP) is 3.63. The van der Waals surface area contributed by atoms with Crippen LogP contribution in [-0.4, -0.2) is 30.5 Å². The molecule has 1 aromatic rings. The molecule has 5 heteroatoms. The Hall–Kier alpha value is -1.23. The molecule has 1 N–H and O–H groups in total. The fourth-order valence-corrected chi connectivity index (χ4v) is 2.74. The average Bonchev–Trinajstić information content (AvgIpc) is 2.46. The van der Waals surface area contributed by atoms with Crippen LogP contribution in [0, 0.1) is 5.92 Å². The highest BCUT2D eigenvalue weighted by molar-refractivity contribution is 9.09. The Morgan fingerprint density at radius 1 is 1.19 bits per heavy atom. The number of ether oxygens (including phenoxy) is 2. The van der Waals surface area contributed by atoms with E-state index in [4.69, 9.17) is 9.47 Å². The van der Waals surface area contributed by atoms with E-state index in [1.54, 1.807) is 18.2 Å². The molecular weight excluding hydrogens is 334 g/mol. The van der Waals surface area contributed by atoms with Crippen molar-refractivity contribution in [2.45, 2.75) is 33.7 Å². The summed E-state index contributed by atoms with van der Waals surface area (Å²) in [6, 6.07) is 5.37. The second kappa shape index (κ2) is 8.93. The molecule has 0 aliphatic rings. The molecule has 0 spiro atoms. The molecule has 0 saturated heterocycles. The number of rotatable bonds is 8. The summed E-state index contributed by atoms with van der Waals surface area (Å²) in [4.78, 5) is 12.3. The summed E-state index contributed by atoms with van der Waals surface area (Å²) in [5, 5.41) is 3.75. The van der Waals surface area contributed by atoms with E-state index < -0.39 is 0 Å². The molecule has 0 radical (unpaired) electrons. The van der Waals surface area contributed by atoms with Crippen molar-refractivity contribution in [1.82, 2.24) is 5.32 Å². The van der Waals surface area contributed by atoms with Crippen molar-refractivity contribution in [3.8, 4) is 11.5 Å². The standard InChI is InChI=1S/C16H24BrNO3/c1-5-20-14-8-7-12(9-15(14)21-6-2)16(19)18-13(10-17)11(3)4/h7-9,11,13H,5-6,10H2,1-4H3,(H,18,19). The fourth-order valence-electron chi connectivity index (χ4n) is 1.83. The average molecular weight is 358 g/mol. The lowest BCUT2D eigenvalue weighted by atomic mass is 10.1. The third kappa shape index (κ3) is 5.23. The molecule has 0 aromatic heterocycles. The highest BCUT2D eigenvalue weighted by Gasteiger charge is 2.17. The molecule has 0 fully saturated rings. The van der Waals surface area contributed by atoms with E-state index in [-0.39, 0.29) is 11.9 Å². The Labute approximate surface area is 135 Å². The van der Waals surface area contributed by atoms with Gasteiger partial charge >= 0.3 is 0 Å². The second-order valence-electron chi connectivity index (χ2n) is 5.01. The van der Waals surface area contributed by atoms with Crippen LogP contribution in [0.25, 0.3) is 0 Å². The first-order valence-electron chi connectivity index (χ1n) is 7.29. The number of benzene rings is 1. The number of amides is 1. The summed E-state index contributed by atoms with van der Waals surface area (Å²) in [5.41, 5.74) is 0.577. The summed E-state index contributed by atoms with van der Waals surface area (Å²) in [6.07, 6.45) is 0. The van der Waals surface area contributed by atoms with Gasteiger partial charge in [-0.3, -0.25) is 4.79 Å².